The van der Waals surface area contributed by atoms with Crippen molar-refractivity contribution in [1.29, 1.82) is 0 Å². The molecule has 7 heteroatoms. The summed E-state index contributed by atoms with van der Waals surface area (Å²) in [5.41, 5.74) is 7.74. The summed E-state index contributed by atoms with van der Waals surface area (Å²) >= 11 is 0. The van der Waals surface area contributed by atoms with Crippen LogP contribution in [0.2, 0.25) is 0 Å². The number of halogens is 1. The first kappa shape index (κ1) is 16.4. The molecule has 1 fully saturated rings. The number of primary amides is 1. The number of carbonyl (C=O) groups excluding carboxylic acids is 1. The Balaban J connectivity index is 0.000000956. The highest BCUT2D eigenvalue weighted by Gasteiger charge is 2.14. The highest BCUT2D eigenvalue weighted by atomic mass is 19.2. The summed E-state index contributed by atoms with van der Waals surface area (Å²) in [6.07, 6.45) is 0.457. The van der Waals surface area contributed by atoms with Gasteiger partial charge in [0.05, 0.1) is 0 Å². The van der Waals surface area contributed by atoms with E-state index in [0.29, 0.717) is 12.0 Å². The number of benzene rings is 1. The quantitative estimate of drug-likeness (QED) is 0.561. The monoisotopic (exact) mass is 284 g/mol. The molecule has 1 aromatic carbocycles. The lowest BCUT2D eigenvalue weighted by Gasteiger charge is -2.30. The number of rotatable bonds is 4. The molecule has 0 aliphatic carbocycles. The number of nitrogens with zero attached hydrogens (tertiary/aromatic N) is 1. The van der Waals surface area contributed by atoms with E-state index in [4.69, 9.17) is 15.3 Å². The van der Waals surface area contributed by atoms with Crippen LogP contribution in [0, 0.1) is 0 Å². The molecular weight excluding hydrogens is 263 g/mol. The van der Waals surface area contributed by atoms with Crippen molar-refractivity contribution in [3.05, 3.63) is 29.3 Å². The zero-order valence-corrected chi connectivity index (χ0v) is 11.3. The number of aliphatic hydroxyl groups excluding tert-OH is 1. The van der Waals surface area contributed by atoms with Gasteiger partial charge in [0.25, 0.3) is 0 Å². The van der Waals surface area contributed by atoms with Crippen LogP contribution in [-0.4, -0.2) is 43.8 Å². The maximum absolute atomic E-state index is 11.3. The van der Waals surface area contributed by atoms with E-state index in [1.165, 1.54) is 0 Å². The minimum Gasteiger partial charge on any atom is -0.396 e. The molecule has 0 atom stereocenters. The van der Waals surface area contributed by atoms with E-state index in [2.05, 4.69) is 16.2 Å². The van der Waals surface area contributed by atoms with Gasteiger partial charge in [-0.15, -0.1) is 4.48 Å². The Kier molecular flexibility index (Phi) is 6.92. The van der Waals surface area contributed by atoms with E-state index in [9.17, 15) is 4.79 Å². The predicted octanol–water partition coefficient (Wildman–Crippen LogP) is -0.440. The van der Waals surface area contributed by atoms with Crippen molar-refractivity contribution in [2.45, 2.75) is 6.42 Å². The van der Waals surface area contributed by atoms with E-state index in [-0.39, 0.29) is 6.61 Å². The molecule has 112 valence electrons. The van der Waals surface area contributed by atoms with Gasteiger partial charge in [-0.3, -0.25) is 4.79 Å². The van der Waals surface area contributed by atoms with Crippen molar-refractivity contribution in [3.8, 4) is 0 Å². The lowest BCUT2D eigenvalue weighted by Crippen LogP contribution is -2.43. The Morgan fingerprint density at radius 1 is 1.35 bits per heavy atom. The molecule has 1 heterocycles. The number of carbonyl (C=O) groups is 1. The van der Waals surface area contributed by atoms with Crippen molar-refractivity contribution < 1.29 is 14.4 Å². The number of hydrogen-bond donors (Lipinski definition) is 4. The van der Waals surface area contributed by atoms with Crippen molar-refractivity contribution >= 4 is 11.6 Å². The third-order valence-corrected chi connectivity index (χ3v) is 3.22. The van der Waals surface area contributed by atoms with Crippen LogP contribution in [0.1, 0.15) is 15.9 Å². The van der Waals surface area contributed by atoms with Gasteiger partial charge in [-0.05, 0) is 30.2 Å². The zero-order chi connectivity index (χ0) is 15.0. The Hall–Kier alpha value is -1.70. The first-order valence-electron chi connectivity index (χ1n) is 6.43. The van der Waals surface area contributed by atoms with E-state index in [0.717, 1.165) is 37.4 Å². The van der Waals surface area contributed by atoms with Crippen LogP contribution in [0.4, 0.5) is 10.2 Å². The molecule has 1 aliphatic rings. The Labute approximate surface area is 117 Å². The highest BCUT2D eigenvalue weighted by molar-refractivity contribution is 5.94. The molecule has 1 aliphatic heterocycles. The summed E-state index contributed by atoms with van der Waals surface area (Å²) in [5, 5.41) is 12.3. The molecule has 1 saturated heterocycles. The van der Waals surface area contributed by atoms with E-state index < -0.39 is 5.91 Å². The Morgan fingerprint density at radius 2 is 2.00 bits per heavy atom. The SMILES string of the molecule is NC(=O)c1ccc(N2CCNCC2)cc1CCO.NF. The van der Waals surface area contributed by atoms with Gasteiger partial charge in [-0.25, -0.2) is 0 Å². The van der Waals surface area contributed by atoms with Crippen LogP contribution in [0.5, 0.6) is 0 Å². The Morgan fingerprint density at radius 3 is 2.55 bits per heavy atom. The molecule has 0 bridgehead atoms. The normalized spacial score (nSPS) is 14.4. The zero-order valence-electron chi connectivity index (χ0n) is 11.3. The first-order valence-corrected chi connectivity index (χ1v) is 6.43. The summed E-state index contributed by atoms with van der Waals surface area (Å²) in [6, 6.07) is 5.64. The number of aliphatic hydroxyl groups is 1. The number of anilines is 1. The van der Waals surface area contributed by atoms with Crippen LogP contribution >= 0.6 is 0 Å². The van der Waals surface area contributed by atoms with Crippen LogP contribution in [-0.2, 0) is 6.42 Å². The fourth-order valence-corrected chi connectivity index (χ4v) is 2.27. The van der Waals surface area contributed by atoms with E-state index >= 15 is 0 Å². The third-order valence-electron chi connectivity index (χ3n) is 3.22. The van der Waals surface area contributed by atoms with Crippen LogP contribution in [0.15, 0.2) is 18.2 Å². The Bertz CT molecular complexity index is 436. The van der Waals surface area contributed by atoms with Gasteiger partial charge in [-0.1, -0.05) is 0 Å². The fourth-order valence-electron chi connectivity index (χ4n) is 2.27. The van der Waals surface area contributed by atoms with Crippen LogP contribution in [0.3, 0.4) is 0 Å². The van der Waals surface area contributed by atoms with Gasteiger partial charge < -0.3 is 21.1 Å². The van der Waals surface area contributed by atoms with Crippen molar-refractivity contribution in [3.63, 3.8) is 0 Å². The fraction of sp³-hybridized carbons (Fsp3) is 0.462. The molecule has 1 aromatic rings. The molecule has 0 unspecified atom stereocenters. The number of amides is 1. The molecule has 2 rings (SSSR count). The lowest BCUT2D eigenvalue weighted by molar-refractivity contribution is 0.0999. The summed E-state index contributed by atoms with van der Waals surface area (Å²) in [5.74, 6) is 2.56. The van der Waals surface area contributed by atoms with Gasteiger partial charge in [0.1, 0.15) is 0 Å². The van der Waals surface area contributed by atoms with Gasteiger partial charge in [0.15, 0.2) is 0 Å². The minimum atomic E-state index is -0.440. The second kappa shape index (κ2) is 8.47. The highest BCUT2D eigenvalue weighted by Crippen LogP contribution is 2.20. The summed E-state index contributed by atoms with van der Waals surface area (Å²) < 4.78 is 9.00. The molecule has 6 nitrogen and oxygen atoms in total. The molecule has 20 heavy (non-hydrogen) atoms. The average Bonchev–Trinajstić information content (AvgIpc) is 2.50. The summed E-state index contributed by atoms with van der Waals surface area (Å²) in [6.45, 7) is 3.86. The molecule has 0 aromatic heterocycles. The average molecular weight is 284 g/mol. The second-order valence-corrected chi connectivity index (χ2v) is 4.42. The summed E-state index contributed by atoms with van der Waals surface area (Å²) in [4.78, 5) is 13.6. The number of nitrogens with two attached hydrogens (primary N) is 2. The molecule has 6 N–H and O–H groups in total. The van der Waals surface area contributed by atoms with Gasteiger partial charge in [-0.2, -0.15) is 5.96 Å². The second-order valence-electron chi connectivity index (χ2n) is 4.42. The molecular formula is C13H21FN4O2. The van der Waals surface area contributed by atoms with Gasteiger partial charge in [0, 0.05) is 44.0 Å². The maximum atomic E-state index is 11.3. The van der Waals surface area contributed by atoms with Crippen molar-refractivity contribution in [2.75, 3.05) is 37.7 Å². The van der Waals surface area contributed by atoms with Crippen molar-refractivity contribution in [2.24, 2.45) is 11.7 Å². The number of nitrogens with one attached hydrogen (secondary N) is 1. The summed E-state index contributed by atoms with van der Waals surface area (Å²) in [7, 11) is 0. The van der Waals surface area contributed by atoms with Crippen LogP contribution < -0.4 is 21.9 Å². The maximum Gasteiger partial charge on any atom is 0.248 e. The largest absolute Gasteiger partial charge is 0.396 e. The molecule has 0 spiro atoms. The molecule has 0 saturated carbocycles. The van der Waals surface area contributed by atoms with E-state index in [1.807, 2.05) is 12.1 Å². The van der Waals surface area contributed by atoms with Crippen LogP contribution in [0.25, 0.3) is 0 Å². The van der Waals surface area contributed by atoms with Gasteiger partial charge >= 0.3 is 0 Å². The molecule has 0 radical (unpaired) electrons. The van der Waals surface area contributed by atoms with E-state index in [1.54, 1.807) is 6.07 Å². The number of hydrogen-bond acceptors (Lipinski definition) is 5. The minimum absolute atomic E-state index is 0.0191. The topological polar surface area (TPSA) is 105 Å². The smallest absolute Gasteiger partial charge is 0.248 e. The molecule has 1 amide bonds. The van der Waals surface area contributed by atoms with Crippen molar-refractivity contribution in [1.82, 2.24) is 5.32 Å². The van der Waals surface area contributed by atoms with Gasteiger partial charge in [0.2, 0.25) is 5.91 Å². The number of piperazine rings is 1. The first-order chi connectivity index (χ1) is 9.72. The third kappa shape index (κ3) is 4.16. The standard InChI is InChI=1S/C13H19N3O2.FH2N/c14-13(18)12-2-1-11(9-10(12)3-8-17)16-6-4-15-5-7-16;1-2/h1-2,9,15,17H,3-8H2,(H2,14,18);2H2. The predicted molar refractivity (Wildman–Crippen MR) is 76.1 cm³/mol. The lowest BCUT2D eigenvalue weighted by atomic mass is 10.0.